The van der Waals surface area contributed by atoms with Crippen LogP contribution >= 0.6 is 23.2 Å². The fourth-order valence-electron chi connectivity index (χ4n) is 3.03. The molecule has 0 N–H and O–H groups in total. The summed E-state index contributed by atoms with van der Waals surface area (Å²) in [5.41, 5.74) is -1.29. The molecule has 98 valence electrons. The van der Waals surface area contributed by atoms with Gasteiger partial charge in [-0.15, -0.1) is 0 Å². The van der Waals surface area contributed by atoms with Crippen LogP contribution in [0.4, 0.5) is 0 Å². The Hall–Kier alpha value is -0.740. The summed E-state index contributed by atoms with van der Waals surface area (Å²) >= 11 is 12.1. The van der Waals surface area contributed by atoms with Crippen molar-refractivity contribution in [1.82, 2.24) is 4.90 Å². The normalized spacial score (nSPS) is 34.9. The van der Waals surface area contributed by atoms with E-state index >= 15 is 0 Å². The van der Waals surface area contributed by atoms with Crippen LogP contribution in [0.25, 0.3) is 0 Å². The van der Waals surface area contributed by atoms with Gasteiger partial charge in [0.2, 0.25) is 0 Å². The van der Waals surface area contributed by atoms with Crippen LogP contribution in [0.2, 0.25) is 0 Å². The number of esters is 1. The zero-order chi connectivity index (χ0) is 13.0. The Labute approximate surface area is 115 Å². The Morgan fingerprint density at radius 1 is 1.22 bits per heavy atom. The molecule has 18 heavy (non-hydrogen) atoms. The maximum atomic E-state index is 12.1. The Morgan fingerprint density at radius 2 is 1.89 bits per heavy atom. The third-order valence-corrected chi connectivity index (χ3v) is 4.80. The van der Waals surface area contributed by atoms with Gasteiger partial charge in [0.15, 0.2) is 0 Å². The van der Waals surface area contributed by atoms with Crippen molar-refractivity contribution in [1.29, 1.82) is 0 Å². The molecule has 1 atom stereocenters. The third-order valence-electron chi connectivity index (χ3n) is 3.94. The van der Waals surface area contributed by atoms with Crippen LogP contribution in [-0.2, 0) is 14.3 Å². The molecule has 0 aromatic rings. The lowest BCUT2D eigenvalue weighted by atomic mass is 9.86. The van der Waals surface area contributed by atoms with Crippen molar-refractivity contribution in [2.75, 3.05) is 0 Å². The van der Waals surface area contributed by atoms with Crippen molar-refractivity contribution in [3.63, 3.8) is 0 Å². The van der Waals surface area contributed by atoms with Crippen molar-refractivity contribution in [3.05, 3.63) is 12.2 Å². The molecule has 6 heteroatoms. The smallest absolute Gasteiger partial charge is 0.333 e. The highest BCUT2D eigenvalue weighted by molar-refractivity contribution is 6.61. The first-order valence-corrected chi connectivity index (χ1v) is 6.88. The van der Waals surface area contributed by atoms with E-state index in [1.54, 1.807) is 4.90 Å². The molecular formula is C12H13Cl2NO3. The van der Waals surface area contributed by atoms with Crippen LogP contribution in [0.1, 0.15) is 32.1 Å². The van der Waals surface area contributed by atoms with Crippen molar-refractivity contribution in [2.45, 2.75) is 48.2 Å². The van der Waals surface area contributed by atoms with Gasteiger partial charge in [0, 0.05) is 12.1 Å². The first-order valence-electron chi connectivity index (χ1n) is 6.13. The van der Waals surface area contributed by atoms with Gasteiger partial charge in [0.1, 0.15) is 0 Å². The van der Waals surface area contributed by atoms with Crippen LogP contribution in [0.5, 0.6) is 0 Å². The average Bonchev–Trinajstić information content (AvgIpc) is 2.76. The van der Waals surface area contributed by atoms with Gasteiger partial charge in [0.25, 0.3) is 16.0 Å². The second kappa shape index (κ2) is 3.87. The molecular weight excluding hydrogens is 277 g/mol. The molecule has 0 aromatic carbocycles. The lowest BCUT2D eigenvalue weighted by Crippen LogP contribution is -2.79. The first-order chi connectivity index (χ1) is 8.49. The van der Waals surface area contributed by atoms with Crippen LogP contribution in [0, 0.1) is 0 Å². The summed E-state index contributed by atoms with van der Waals surface area (Å²) < 4.78 is 3.54. The van der Waals surface area contributed by atoms with Gasteiger partial charge >= 0.3 is 5.97 Å². The summed E-state index contributed by atoms with van der Waals surface area (Å²) in [7, 11) is 0. The monoisotopic (exact) mass is 289 g/mol. The topological polar surface area (TPSA) is 46.6 Å². The number of β-lactam (4-membered cyclic amide) rings is 1. The highest BCUT2D eigenvalue weighted by Crippen LogP contribution is 2.55. The highest BCUT2D eigenvalue weighted by atomic mass is 35.5. The lowest BCUT2D eigenvalue weighted by molar-refractivity contribution is -0.209. The van der Waals surface area contributed by atoms with E-state index in [1.165, 1.54) is 18.6 Å². The van der Waals surface area contributed by atoms with E-state index in [-0.39, 0.29) is 11.9 Å². The van der Waals surface area contributed by atoms with Gasteiger partial charge in [0.05, 0.1) is 0 Å². The molecule has 1 amide bonds. The number of halogens is 2. The van der Waals surface area contributed by atoms with E-state index in [1.807, 2.05) is 0 Å². The van der Waals surface area contributed by atoms with E-state index in [4.69, 9.17) is 27.9 Å². The minimum Gasteiger partial charge on any atom is -0.428 e. The number of hydrogen-bond acceptors (Lipinski definition) is 3. The van der Waals surface area contributed by atoms with E-state index in [2.05, 4.69) is 0 Å². The Bertz CT molecular complexity index is 443. The summed E-state index contributed by atoms with van der Waals surface area (Å²) in [6.07, 6.45) is 7.91. The molecule has 1 saturated carbocycles. The average molecular weight is 290 g/mol. The zero-order valence-corrected chi connectivity index (χ0v) is 11.2. The fraction of sp³-hybridized carbons (Fsp3) is 0.667. The number of likely N-dealkylation sites (tertiary alicyclic amines) is 1. The molecule has 0 bridgehead atoms. The Morgan fingerprint density at radius 3 is 2.44 bits per heavy atom. The molecule has 0 aromatic heterocycles. The quantitative estimate of drug-likeness (QED) is 0.422. The number of nitrogens with zero attached hydrogens (tertiary/aromatic N) is 1. The first kappa shape index (κ1) is 12.3. The predicted molar refractivity (Wildman–Crippen MR) is 66.1 cm³/mol. The predicted octanol–water partition coefficient (Wildman–Crippen LogP) is 2.14. The van der Waals surface area contributed by atoms with Crippen molar-refractivity contribution in [2.24, 2.45) is 0 Å². The molecule has 1 spiro atoms. The standard InChI is InChI=1S/C12H13Cl2NO3/c13-12(14)10(17)15(8-4-2-1-3-5-8)11(12)7-6-9(16)18-11/h6-8H,1-5H2. The number of hydrogen-bond donors (Lipinski definition) is 0. The molecule has 2 fully saturated rings. The number of amides is 1. The molecule has 3 rings (SSSR count). The lowest BCUT2D eigenvalue weighted by Gasteiger charge is -2.58. The summed E-state index contributed by atoms with van der Waals surface area (Å²) in [6, 6.07) is 0.0624. The van der Waals surface area contributed by atoms with Gasteiger partial charge < -0.3 is 4.74 Å². The highest BCUT2D eigenvalue weighted by Gasteiger charge is 2.75. The van der Waals surface area contributed by atoms with Gasteiger partial charge in [-0.25, -0.2) is 4.79 Å². The van der Waals surface area contributed by atoms with Crippen LogP contribution in [0.3, 0.4) is 0 Å². The molecule has 3 aliphatic rings. The number of carbonyl (C=O) groups is 2. The van der Waals surface area contributed by atoms with E-state index < -0.39 is 16.0 Å². The second-order valence-electron chi connectivity index (χ2n) is 4.99. The summed E-state index contributed by atoms with van der Waals surface area (Å²) in [6.45, 7) is 0. The van der Waals surface area contributed by atoms with Crippen LogP contribution < -0.4 is 0 Å². The second-order valence-corrected chi connectivity index (χ2v) is 6.32. The van der Waals surface area contributed by atoms with Crippen molar-refractivity contribution in [3.8, 4) is 0 Å². The maximum Gasteiger partial charge on any atom is 0.333 e. The Kier molecular flexibility index (Phi) is 2.65. The molecule has 1 aliphatic carbocycles. The fourth-order valence-corrected chi connectivity index (χ4v) is 3.60. The molecule has 4 nitrogen and oxygen atoms in total. The van der Waals surface area contributed by atoms with E-state index in [0.717, 1.165) is 25.7 Å². The van der Waals surface area contributed by atoms with E-state index in [9.17, 15) is 9.59 Å². The van der Waals surface area contributed by atoms with Crippen LogP contribution in [0.15, 0.2) is 12.2 Å². The molecule has 0 radical (unpaired) electrons. The maximum absolute atomic E-state index is 12.1. The SMILES string of the molecule is O=C1C=CC2(O1)N(C1CCCCC1)C(=O)C2(Cl)Cl. The molecule has 2 aliphatic heterocycles. The third kappa shape index (κ3) is 1.39. The number of rotatable bonds is 1. The number of carbonyl (C=O) groups excluding carboxylic acids is 2. The minimum absolute atomic E-state index is 0.0624. The van der Waals surface area contributed by atoms with Gasteiger partial charge in [-0.1, -0.05) is 42.5 Å². The van der Waals surface area contributed by atoms with E-state index in [0.29, 0.717) is 0 Å². The number of alkyl halides is 2. The van der Waals surface area contributed by atoms with Crippen LogP contribution in [-0.4, -0.2) is 32.9 Å². The summed E-state index contributed by atoms with van der Waals surface area (Å²) in [4.78, 5) is 24.9. The van der Waals surface area contributed by atoms with Gasteiger partial charge in [-0.3, -0.25) is 9.69 Å². The van der Waals surface area contributed by atoms with Gasteiger partial charge in [-0.2, -0.15) is 0 Å². The van der Waals surface area contributed by atoms with Crippen molar-refractivity contribution >= 4 is 35.1 Å². The number of ether oxygens (including phenoxy) is 1. The zero-order valence-electron chi connectivity index (χ0n) is 9.70. The van der Waals surface area contributed by atoms with Gasteiger partial charge in [-0.05, 0) is 18.9 Å². The largest absolute Gasteiger partial charge is 0.428 e. The minimum atomic E-state index is -1.69. The summed E-state index contributed by atoms with van der Waals surface area (Å²) in [5.74, 6) is -0.869. The Balaban J connectivity index is 1.92. The summed E-state index contributed by atoms with van der Waals surface area (Å²) in [5, 5.41) is 0. The molecule has 1 unspecified atom stereocenters. The molecule has 2 heterocycles. The molecule has 1 saturated heterocycles. The van der Waals surface area contributed by atoms with Crippen molar-refractivity contribution < 1.29 is 14.3 Å².